The highest BCUT2D eigenvalue weighted by Gasteiger charge is 2.57. The Balaban J connectivity index is 2.00. The van der Waals surface area contributed by atoms with Gasteiger partial charge in [-0.15, -0.1) is 0 Å². The third-order valence-electron chi connectivity index (χ3n) is 3.31. The highest BCUT2D eigenvalue weighted by atomic mass is 19.4. The molecule has 8 heteroatoms. The molecule has 1 aliphatic rings. The highest BCUT2D eigenvalue weighted by molar-refractivity contribution is 6.01. The summed E-state index contributed by atoms with van der Waals surface area (Å²) in [6, 6.07) is 7.18. The van der Waals surface area contributed by atoms with Gasteiger partial charge in [0.1, 0.15) is 5.71 Å². The highest BCUT2D eigenvalue weighted by Crippen LogP contribution is 2.35. The molecule has 3 rings (SSSR count). The fourth-order valence-corrected chi connectivity index (χ4v) is 2.18. The molecule has 1 aromatic heterocycles. The van der Waals surface area contributed by atoms with Gasteiger partial charge in [-0.2, -0.15) is 18.3 Å². The van der Waals surface area contributed by atoms with E-state index in [1.807, 2.05) is 12.1 Å². The van der Waals surface area contributed by atoms with Crippen molar-refractivity contribution < 1.29 is 18.3 Å². The van der Waals surface area contributed by atoms with E-state index in [-0.39, 0.29) is 5.71 Å². The van der Waals surface area contributed by atoms with Crippen LogP contribution < -0.4 is 5.43 Å². The van der Waals surface area contributed by atoms with Crippen molar-refractivity contribution in [3.63, 3.8) is 0 Å². The van der Waals surface area contributed by atoms with E-state index >= 15 is 0 Å². The van der Waals surface area contributed by atoms with Crippen LogP contribution in [0, 0.1) is 0 Å². The molecule has 0 radical (unpaired) electrons. The predicted octanol–water partition coefficient (Wildman–Crippen LogP) is 1.52. The van der Waals surface area contributed by atoms with Crippen molar-refractivity contribution in [1.82, 2.24) is 15.0 Å². The number of hydrogen-bond acceptors (Lipinski definition) is 4. The van der Waals surface area contributed by atoms with Crippen molar-refractivity contribution in [2.75, 3.05) is 0 Å². The first-order valence-electron chi connectivity index (χ1n) is 5.86. The van der Waals surface area contributed by atoms with Crippen LogP contribution in [0.15, 0.2) is 29.4 Å². The van der Waals surface area contributed by atoms with E-state index in [4.69, 9.17) is 0 Å². The van der Waals surface area contributed by atoms with Crippen LogP contribution in [0.4, 0.5) is 13.2 Å². The predicted molar refractivity (Wildman–Crippen MR) is 66.0 cm³/mol. The standard InChI is InChI=1S/C12H11F3N4O/c1-19-9-5-3-2-4-7(9)16-10(19)8-6-11(20,18-17-8)12(13,14)15/h2-5,18,20H,6H2,1H3. The smallest absolute Gasteiger partial charge is 0.362 e. The van der Waals surface area contributed by atoms with E-state index in [0.29, 0.717) is 11.3 Å². The second-order valence-corrected chi connectivity index (χ2v) is 4.69. The minimum atomic E-state index is -4.80. The Morgan fingerprint density at radius 1 is 1.35 bits per heavy atom. The average Bonchev–Trinajstić information content (AvgIpc) is 2.92. The summed E-state index contributed by atoms with van der Waals surface area (Å²) in [4.78, 5) is 4.26. The number of hydrogen-bond donors (Lipinski definition) is 2. The molecule has 1 aliphatic heterocycles. The number of halogens is 3. The van der Waals surface area contributed by atoms with Crippen molar-refractivity contribution in [2.24, 2.45) is 12.1 Å². The van der Waals surface area contributed by atoms with Gasteiger partial charge in [-0.1, -0.05) is 12.1 Å². The van der Waals surface area contributed by atoms with Crippen LogP contribution in [0.3, 0.4) is 0 Å². The maximum Gasteiger partial charge on any atom is 0.438 e. The Bertz CT molecular complexity index is 706. The number of aromatic nitrogens is 2. The zero-order valence-electron chi connectivity index (χ0n) is 10.4. The minimum absolute atomic E-state index is 0.0727. The van der Waals surface area contributed by atoms with E-state index in [0.717, 1.165) is 5.52 Å². The van der Waals surface area contributed by atoms with Gasteiger partial charge in [0.15, 0.2) is 5.82 Å². The third-order valence-corrected chi connectivity index (χ3v) is 3.31. The quantitative estimate of drug-likeness (QED) is 0.834. The van der Waals surface area contributed by atoms with Gasteiger partial charge in [-0.3, -0.25) is 5.43 Å². The summed E-state index contributed by atoms with van der Waals surface area (Å²) < 4.78 is 39.8. The van der Waals surface area contributed by atoms with E-state index < -0.39 is 18.3 Å². The summed E-state index contributed by atoms with van der Waals surface area (Å²) in [5, 5.41) is 13.1. The summed E-state index contributed by atoms with van der Waals surface area (Å²) in [5.41, 5.74) is 0.251. The number of imidazole rings is 1. The lowest BCUT2D eigenvalue weighted by Gasteiger charge is -2.24. The van der Waals surface area contributed by atoms with E-state index in [1.54, 1.807) is 29.2 Å². The van der Waals surface area contributed by atoms with Gasteiger partial charge in [-0.05, 0) is 12.1 Å². The van der Waals surface area contributed by atoms with Crippen LogP contribution in [0.2, 0.25) is 0 Å². The molecule has 0 saturated carbocycles. The molecule has 1 unspecified atom stereocenters. The van der Waals surface area contributed by atoms with Crippen molar-refractivity contribution >= 4 is 16.7 Å². The van der Waals surface area contributed by atoms with Crippen molar-refractivity contribution in [3.05, 3.63) is 30.1 Å². The lowest BCUT2D eigenvalue weighted by molar-refractivity contribution is -0.266. The molecule has 0 bridgehead atoms. The maximum atomic E-state index is 12.7. The Morgan fingerprint density at radius 3 is 2.65 bits per heavy atom. The summed E-state index contributed by atoms with van der Waals surface area (Å²) in [7, 11) is 1.69. The second-order valence-electron chi connectivity index (χ2n) is 4.69. The number of rotatable bonds is 1. The normalized spacial score (nSPS) is 22.9. The van der Waals surface area contributed by atoms with Gasteiger partial charge in [0.05, 0.1) is 17.5 Å². The van der Waals surface area contributed by atoms with Crippen LogP contribution in [0.5, 0.6) is 0 Å². The number of nitrogens with zero attached hydrogens (tertiary/aromatic N) is 3. The Labute approximate surface area is 111 Å². The first kappa shape index (κ1) is 12.9. The van der Waals surface area contributed by atoms with Gasteiger partial charge in [0.2, 0.25) is 0 Å². The van der Waals surface area contributed by atoms with E-state index in [9.17, 15) is 18.3 Å². The lowest BCUT2D eigenvalue weighted by atomic mass is 10.1. The van der Waals surface area contributed by atoms with Gasteiger partial charge in [0, 0.05) is 7.05 Å². The lowest BCUT2D eigenvalue weighted by Crippen LogP contribution is -2.52. The maximum absolute atomic E-state index is 12.7. The summed E-state index contributed by atoms with van der Waals surface area (Å²) in [6.07, 6.45) is -5.48. The van der Waals surface area contributed by atoms with Crippen molar-refractivity contribution in [2.45, 2.75) is 18.3 Å². The molecule has 2 heterocycles. The summed E-state index contributed by atoms with van der Waals surface area (Å²) in [5.74, 6) is 0.305. The van der Waals surface area contributed by atoms with Gasteiger partial charge >= 0.3 is 6.18 Å². The van der Waals surface area contributed by atoms with Crippen LogP contribution in [-0.4, -0.2) is 32.3 Å². The largest absolute Gasteiger partial charge is 0.438 e. The fourth-order valence-electron chi connectivity index (χ4n) is 2.18. The molecule has 106 valence electrons. The van der Waals surface area contributed by atoms with Crippen LogP contribution in [0.1, 0.15) is 12.2 Å². The number of alkyl halides is 3. The molecule has 0 spiro atoms. The van der Waals surface area contributed by atoms with Crippen LogP contribution in [-0.2, 0) is 7.05 Å². The van der Waals surface area contributed by atoms with Crippen molar-refractivity contribution in [1.29, 1.82) is 0 Å². The number of para-hydroxylation sites is 2. The molecular weight excluding hydrogens is 273 g/mol. The SMILES string of the molecule is Cn1c(C2=NNC(O)(C(F)(F)F)C2)nc2ccccc21. The first-order valence-corrected chi connectivity index (χ1v) is 5.86. The summed E-state index contributed by atoms with van der Waals surface area (Å²) in [6.45, 7) is 0. The molecule has 20 heavy (non-hydrogen) atoms. The van der Waals surface area contributed by atoms with Crippen LogP contribution in [0.25, 0.3) is 11.0 Å². The molecule has 0 fully saturated rings. The molecular formula is C12H11F3N4O. The van der Waals surface area contributed by atoms with E-state index in [1.165, 1.54) is 0 Å². The Morgan fingerprint density at radius 2 is 2.05 bits per heavy atom. The zero-order valence-corrected chi connectivity index (χ0v) is 10.4. The number of fused-ring (bicyclic) bond motifs is 1. The average molecular weight is 284 g/mol. The first-order chi connectivity index (χ1) is 9.32. The Kier molecular flexibility index (Phi) is 2.55. The molecule has 1 aromatic carbocycles. The van der Waals surface area contributed by atoms with Gasteiger partial charge in [0.25, 0.3) is 5.72 Å². The van der Waals surface area contributed by atoms with Crippen LogP contribution >= 0.6 is 0 Å². The number of nitrogens with one attached hydrogen (secondary N) is 1. The Hall–Kier alpha value is -2.09. The monoisotopic (exact) mass is 284 g/mol. The van der Waals surface area contributed by atoms with Gasteiger partial charge < -0.3 is 9.67 Å². The number of benzene rings is 1. The molecule has 1 atom stereocenters. The van der Waals surface area contributed by atoms with E-state index in [2.05, 4.69) is 10.1 Å². The third kappa shape index (κ3) is 1.75. The molecule has 5 nitrogen and oxygen atoms in total. The molecule has 0 saturated heterocycles. The fraction of sp³-hybridized carbons (Fsp3) is 0.333. The second kappa shape index (κ2) is 3.95. The number of hydrazone groups is 1. The topological polar surface area (TPSA) is 62.4 Å². The zero-order chi connectivity index (χ0) is 14.5. The molecule has 0 amide bonds. The minimum Gasteiger partial charge on any atom is -0.362 e. The van der Waals surface area contributed by atoms with Crippen molar-refractivity contribution in [3.8, 4) is 0 Å². The molecule has 0 aliphatic carbocycles. The van der Waals surface area contributed by atoms with Gasteiger partial charge in [-0.25, -0.2) is 4.98 Å². The molecule has 2 aromatic rings. The number of aliphatic hydroxyl groups is 1. The molecule has 2 N–H and O–H groups in total. The number of aryl methyl sites for hydroxylation is 1. The summed E-state index contributed by atoms with van der Waals surface area (Å²) >= 11 is 0.